The number of anilines is 2. The Labute approximate surface area is 196 Å². The third-order valence-electron chi connectivity index (χ3n) is 3.96. The average molecular weight is 521 g/mol. The number of hydrogen-bond acceptors (Lipinski definition) is 7. The maximum Gasteiger partial charge on any atom is 0.345 e. The molecule has 0 aliphatic heterocycles. The van der Waals surface area contributed by atoms with Crippen LogP contribution < -0.4 is 10.1 Å². The molecule has 0 unspecified atom stereocenters. The van der Waals surface area contributed by atoms with E-state index in [9.17, 15) is 9.90 Å². The van der Waals surface area contributed by atoms with Gasteiger partial charge in [0.05, 0.1) is 9.90 Å². The lowest BCUT2D eigenvalue weighted by molar-refractivity contribution is 0.0702. The lowest BCUT2D eigenvalue weighted by atomic mass is 10.2. The molecule has 154 valence electrons. The second-order valence-corrected chi connectivity index (χ2v) is 8.91. The summed E-state index contributed by atoms with van der Waals surface area (Å²) in [5, 5.41) is 15.2. The van der Waals surface area contributed by atoms with Crippen molar-refractivity contribution < 1.29 is 14.6 Å². The van der Waals surface area contributed by atoms with Crippen LogP contribution in [0.3, 0.4) is 0 Å². The van der Waals surface area contributed by atoms with E-state index >= 15 is 0 Å². The van der Waals surface area contributed by atoms with Gasteiger partial charge in [-0.1, -0.05) is 18.2 Å². The molecule has 2 aromatic heterocycles. The standard InChI is InChI=1S/C21H16N2O3S3.BrH/c1-27-20-16(11-18(29-20)19(24)25)17-12-28-21(23-17)22-13-7-9-15(10-8-13)26-14-5-3-2-4-6-14;/h2-12H,1H3,(H,22,23)(H,24,25);1H. The van der Waals surface area contributed by atoms with Crippen LogP contribution in [0.15, 0.2) is 70.3 Å². The Balaban J connectivity index is 0.00000256. The van der Waals surface area contributed by atoms with Gasteiger partial charge >= 0.3 is 5.97 Å². The van der Waals surface area contributed by atoms with Gasteiger partial charge in [-0.05, 0) is 48.7 Å². The van der Waals surface area contributed by atoms with Gasteiger partial charge in [-0.2, -0.15) is 0 Å². The van der Waals surface area contributed by atoms with E-state index in [1.807, 2.05) is 66.2 Å². The fourth-order valence-electron chi connectivity index (χ4n) is 2.62. The maximum atomic E-state index is 11.3. The highest BCUT2D eigenvalue weighted by atomic mass is 79.9. The first-order valence-corrected chi connectivity index (χ1v) is 11.5. The Morgan fingerprint density at radius 3 is 2.47 bits per heavy atom. The molecular weight excluding hydrogens is 504 g/mol. The number of carbonyl (C=O) groups is 1. The van der Waals surface area contributed by atoms with Crippen molar-refractivity contribution in [2.75, 3.05) is 11.6 Å². The highest BCUT2D eigenvalue weighted by Gasteiger charge is 2.17. The minimum absolute atomic E-state index is 0. The molecule has 30 heavy (non-hydrogen) atoms. The van der Waals surface area contributed by atoms with Crippen molar-refractivity contribution in [3.05, 3.63) is 70.9 Å². The van der Waals surface area contributed by atoms with Crippen molar-refractivity contribution in [1.82, 2.24) is 4.98 Å². The Bertz CT molecular complexity index is 1130. The summed E-state index contributed by atoms with van der Waals surface area (Å²) in [6.07, 6.45) is 1.94. The van der Waals surface area contributed by atoms with Crippen LogP contribution in [0.25, 0.3) is 11.3 Å². The molecule has 0 fully saturated rings. The van der Waals surface area contributed by atoms with E-state index in [0.29, 0.717) is 4.88 Å². The summed E-state index contributed by atoms with van der Waals surface area (Å²) in [6, 6.07) is 19.0. The molecule has 2 N–H and O–H groups in total. The molecule has 4 aromatic rings. The van der Waals surface area contributed by atoms with E-state index < -0.39 is 5.97 Å². The van der Waals surface area contributed by atoms with Gasteiger partial charge in [-0.15, -0.1) is 51.4 Å². The zero-order chi connectivity index (χ0) is 20.2. The van der Waals surface area contributed by atoms with E-state index in [-0.39, 0.29) is 17.0 Å². The number of hydrogen-bond donors (Lipinski definition) is 2. The summed E-state index contributed by atoms with van der Waals surface area (Å²) in [4.78, 5) is 16.2. The Hall–Kier alpha value is -2.33. The van der Waals surface area contributed by atoms with Crippen LogP contribution in [0.1, 0.15) is 9.67 Å². The molecule has 4 rings (SSSR count). The highest BCUT2D eigenvalue weighted by molar-refractivity contribution is 8.93. The monoisotopic (exact) mass is 520 g/mol. The van der Waals surface area contributed by atoms with Crippen molar-refractivity contribution in [2.24, 2.45) is 0 Å². The van der Waals surface area contributed by atoms with Crippen molar-refractivity contribution in [3.63, 3.8) is 0 Å². The fraction of sp³-hybridized carbons (Fsp3) is 0.0476. The number of thiophene rings is 1. The molecule has 0 aliphatic rings. The van der Waals surface area contributed by atoms with Gasteiger partial charge in [-0.25, -0.2) is 9.78 Å². The van der Waals surface area contributed by atoms with Gasteiger partial charge < -0.3 is 15.2 Å². The normalized spacial score (nSPS) is 10.3. The van der Waals surface area contributed by atoms with Crippen LogP contribution in [0.4, 0.5) is 10.8 Å². The molecule has 0 amide bonds. The molecule has 0 bridgehead atoms. The van der Waals surface area contributed by atoms with Gasteiger partial charge in [0.25, 0.3) is 0 Å². The molecule has 0 saturated carbocycles. The zero-order valence-electron chi connectivity index (χ0n) is 15.7. The predicted octanol–water partition coefficient (Wildman–Crippen LogP) is 7.41. The van der Waals surface area contributed by atoms with E-state index in [1.54, 1.807) is 6.07 Å². The topological polar surface area (TPSA) is 71.5 Å². The minimum Gasteiger partial charge on any atom is -0.477 e. The molecule has 2 heterocycles. The number of thioether (sulfide) groups is 1. The van der Waals surface area contributed by atoms with Gasteiger partial charge in [-0.3, -0.25) is 0 Å². The van der Waals surface area contributed by atoms with E-state index in [0.717, 1.165) is 37.8 Å². The summed E-state index contributed by atoms with van der Waals surface area (Å²) in [6.45, 7) is 0. The first-order chi connectivity index (χ1) is 14.1. The quantitative estimate of drug-likeness (QED) is 0.247. The maximum absolute atomic E-state index is 11.3. The van der Waals surface area contributed by atoms with Crippen LogP contribution in [-0.2, 0) is 0 Å². The SMILES string of the molecule is Br.CSc1sc(C(=O)O)cc1-c1csc(Nc2ccc(Oc3ccccc3)cc2)n1. The number of carboxylic acid groups (broad SMARTS) is 1. The molecule has 9 heteroatoms. The van der Waals surface area contributed by atoms with Gasteiger partial charge in [0.1, 0.15) is 16.4 Å². The van der Waals surface area contributed by atoms with E-state index in [2.05, 4.69) is 10.3 Å². The molecule has 0 atom stereocenters. The van der Waals surface area contributed by atoms with Gasteiger partial charge in [0, 0.05) is 16.6 Å². The van der Waals surface area contributed by atoms with E-state index in [1.165, 1.54) is 34.4 Å². The predicted molar refractivity (Wildman–Crippen MR) is 131 cm³/mol. The van der Waals surface area contributed by atoms with Crippen LogP contribution in [0.2, 0.25) is 0 Å². The number of nitrogens with zero attached hydrogens (tertiary/aromatic N) is 1. The van der Waals surface area contributed by atoms with Gasteiger partial charge in [0.2, 0.25) is 0 Å². The largest absolute Gasteiger partial charge is 0.477 e. The number of ether oxygens (including phenoxy) is 1. The van der Waals surface area contributed by atoms with Crippen molar-refractivity contribution in [2.45, 2.75) is 4.21 Å². The van der Waals surface area contributed by atoms with Crippen molar-refractivity contribution >= 4 is 68.2 Å². The minimum atomic E-state index is -0.914. The Morgan fingerprint density at radius 2 is 1.80 bits per heavy atom. The molecule has 5 nitrogen and oxygen atoms in total. The summed E-state index contributed by atoms with van der Waals surface area (Å²) in [5.74, 6) is 0.632. The molecule has 0 saturated heterocycles. The summed E-state index contributed by atoms with van der Waals surface area (Å²) in [7, 11) is 0. The molecule has 0 spiro atoms. The summed E-state index contributed by atoms with van der Waals surface area (Å²) < 4.78 is 6.75. The average Bonchev–Trinajstić information content (AvgIpc) is 3.37. The van der Waals surface area contributed by atoms with Crippen LogP contribution >= 0.6 is 51.4 Å². The summed E-state index contributed by atoms with van der Waals surface area (Å²) in [5.41, 5.74) is 2.53. The second kappa shape index (κ2) is 10.1. The van der Waals surface area contributed by atoms with Crippen LogP contribution in [-0.4, -0.2) is 22.3 Å². The number of nitrogens with one attached hydrogen (secondary N) is 1. The molecular formula is C21H17BrN2O3S3. The number of aromatic carboxylic acids is 1. The second-order valence-electron chi connectivity index (χ2n) is 5.92. The van der Waals surface area contributed by atoms with Crippen LogP contribution in [0.5, 0.6) is 11.5 Å². The number of carboxylic acids is 1. The summed E-state index contributed by atoms with van der Waals surface area (Å²) >= 11 is 4.28. The number of halogens is 1. The first-order valence-electron chi connectivity index (χ1n) is 8.59. The van der Waals surface area contributed by atoms with Gasteiger partial charge in [0.15, 0.2) is 5.13 Å². The lowest BCUT2D eigenvalue weighted by Crippen LogP contribution is -1.91. The number of para-hydroxylation sites is 1. The third kappa shape index (κ3) is 5.23. The molecule has 0 radical (unpaired) electrons. The fourth-order valence-corrected chi connectivity index (χ4v) is 5.07. The van der Waals surface area contributed by atoms with E-state index in [4.69, 9.17) is 4.74 Å². The smallest absolute Gasteiger partial charge is 0.345 e. The Kier molecular flexibility index (Phi) is 7.54. The number of benzene rings is 2. The van der Waals surface area contributed by atoms with Crippen LogP contribution in [0, 0.1) is 0 Å². The number of aromatic nitrogens is 1. The third-order valence-corrected chi connectivity index (χ3v) is 6.97. The van der Waals surface area contributed by atoms with Crippen molar-refractivity contribution in [1.29, 1.82) is 0 Å². The van der Waals surface area contributed by atoms with Crippen molar-refractivity contribution in [3.8, 4) is 22.8 Å². The molecule has 0 aliphatic carbocycles. The zero-order valence-corrected chi connectivity index (χ0v) is 19.9. The first kappa shape index (κ1) is 22.4. The lowest BCUT2D eigenvalue weighted by Gasteiger charge is -2.07. The molecule has 2 aromatic carbocycles. The number of thiazole rings is 1. The Morgan fingerprint density at radius 1 is 1.10 bits per heavy atom. The number of rotatable bonds is 7. The highest BCUT2D eigenvalue weighted by Crippen LogP contribution is 2.39.